The van der Waals surface area contributed by atoms with E-state index in [0.29, 0.717) is 25.7 Å². The number of allylic oxidation sites excluding steroid dienone is 1. The van der Waals surface area contributed by atoms with Gasteiger partial charge in [0.1, 0.15) is 6.10 Å². The van der Waals surface area contributed by atoms with Crippen molar-refractivity contribution in [2.75, 3.05) is 0 Å². The van der Waals surface area contributed by atoms with E-state index in [1.807, 2.05) is 41.5 Å². The lowest BCUT2D eigenvalue weighted by atomic mass is 9.67. The molecule has 0 radical (unpaired) electrons. The first-order valence-corrected chi connectivity index (χ1v) is 9.14. The minimum Gasteiger partial charge on any atom is -0.462 e. The van der Waals surface area contributed by atoms with Crippen LogP contribution in [-0.4, -0.2) is 28.6 Å². The van der Waals surface area contributed by atoms with E-state index in [2.05, 4.69) is 0 Å². The number of carbonyl (C=O) groups is 2. The van der Waals surface area contributed by atoms with Crippen molar-refractivity contribution in [3.63, 3.8) is 0 Å². The second-order valence-corrected chi connectivity index (χ2v) is 8.73. The summed E-state index contributed by atoms with van der Waals surface area (Å²) in [5, 5.41) is 11.4. The summed E-state index contributed by atoms with van der Waals surface area (Å²) < 4.78 is 5.83. The van der Waals surface area contributed by atoms with E-state index in [1.165, 1.54) is 0 Å². The van der Waals surface area contributed by atoms with Crippen LogP contribution in [0.5, 0.6) is 0 Å². The van der Waals surface area contributed by atoms with Crippen LogP contribution in [0.1, 0.15) is 67.2 Å². The highest BCUT2D eigenvalue weighted by Crippen LogP contribution is 2.56. The Bertz CT molecular complexity index is 548. The van der Waals surface area contributed by atoms with Crippen LogP contribution >= 0.6 is 0 Å². The molecular weight excluding hydrogens is 304 g/mol. The summed E-state index contributed by atoms with van der Waals surface area (Å²) in [6, 6.07) is 0. The summed E-state index contributed by atoms with van der Waals surface area (Å²) in [6.45, 7) is 11.8. The molecule has 0 saturated heterocycles. The molecule has 0 aromatic rings. The summed E-state index contributed by atoms with van der Waals surface area (Å²) >= 11 is 0. The third-order valence-corrected chi connectivity index (χ3v) is 5.96. The van der Waals surface area contributed by atoms with Crippen LogP contribution in [0.25, 0.3) is 0 Å². The van der Waals surface area contributed by atoms with Gasteiger partial charge in [-0.25, -0.2) is 0 Å². The Labute approximate surface area is 145 Å². The Morgan fingerprint density at radius 2 is 1.96 bits per heavy atom. The molecule has 0 aromatic carbocycles. The van der Waals surface area contributed by atoms with Gasteiger partial charge in [-0.05, 0) is 37.7 Å². The third-order valence-electron chi connectivity index (χ3n) is 5.96. The molecule has 0 aromatic heterocycles. The Morgan fingerprint density at radius 1 is 1.33 bits per heavy atom. The van der Waals surface area contributed by atoms with E-state index in [4.69, 9.17) is 4.74 Å². The predicted octanol–water partition coefficient (Wildman–Crippen LogP) is 3.67. The first-order chi connectivity index (χ1) is 11.0. The minimum absolute atomic E-state index is 0.00170. The van der Waals surface area contributed by atoms with Crippen molar-refractivity contribution in [2.45, 2.75) is 78.9 Å². The molecule has 4 atom stereocenters. The van der Waals surface area contributed by atoms with Gasteiger partial charge in [-0.15, -0.1) is 0 Å². The maximum atomic E-state index is 12.8. The quantitative estimate of drug-likeness (QED) is 0.796. The summed E-state index contributed by atoms with van der Waals surface area (Å²) in [7, 11) is 0. The number of carbonyl (C=O) groups excluding carboxylic acids is 2. The fraction of sp³-hybridized carbons (Fsp3) is 0.800. The van der Waals surface area contributed by atoms with Gasteiger partial charge in [0, 0.05) is 24.2 Å². The molecule has 2 rings (SSSR count). The van der Waals surface area contributed by atoms with E-state index in [9.17, 15) is 14.7 Å². The largest absolute Gasteiger partial charge is 0.462 e. The van der Waals surface area contributed by atoms with Gasteiger partial charge in [-0.1, -0.05) is 40.2 Å². The van der Waals surface area contributed by atoms with Gasteiger partial charge in [-0.2, -0.15) is 0 Å². The molecule has 0 amide bonds. The fourth-order valence-electron chi connectivity index (χ4n) is 4.52. The Hall–Kier alpha value is -1.16. The maximum Gasteiger partial charge on any atom is 0.306 e. The summed E-state index contributed by atoms with van der Waals surface area (Å²) in [4.78, 5) is 25.1. The maximum absolute atomic E-state index is 12.8. The number of ether oxygens (including phenoxy) is 1. The van der Waals surface area contributed by atoms with Crippen molar-refractivity contribution in [3.05, 3.63) is 11.6 Å². The van der Waals surface area contributed by atoms with Crippen molar-refractivity contribution in [1.82, 2.24) is 0 Å². The number of esters is 1. The first-order valence-electron chi connectivity index (χ1n) is 9.14. The monoisotopic (exact) mass is 336 g/mol. The zero-order chi connectivity index (χ0) is 18.3. The van der Waals surface area contributed by atoms with E-state index in [1.54, 1.807) is 6.08 Å². The predicted molar refractivity (Wildman–Crippen MR) is 93.3 cm³/mol. The molecule has 0 spiro atoms. The number of hydrogen-bond donors (Lipinski definition) is 1. The number of aliphatic hydroxyl groups is 1. The highest BCUT2D eigenvalue weighted by Gasteiger charge is 2.62. The van der Waals surface area contributed by atoms with Crippen LogP contribution in [0.4, 0.5) is 0 Å². The number of rotatable bonds is 4. The van der Waals surface area contributed by atoms with Crippen LogP contribution in [0, 0.1) is 23.2 Å². The van der Waals surface area contributed by atoms with E-state index < -0.39 is 17.1 Å². The molecule has 136 valence electrons. The molecule has 2 aliphatic carbocycles. The molecule has 1 saturated carbocycles. The van der Waals surface area contributed by atoms with Gasteiger partial charge in [0.2, 0.25) is 0 Å². The smallest absolute Gasteiger partial charge is 0.306 e. The van der Waals surface area contributed by atoms with Crippen molar-refractivity contribution in [2.24, 2.45) is 23.2 Å². The zero-order valence-electron chi connectivity index (χ0n) is 15.9. The molecule has 0 heterocycles. The molecule has 4 heteroatoms. The number of ketones is 1. The van der Waals surface area contributed by atoms with Crippen molar-refractivity contribution in [3.8, 4) is 0 Å². The Balaban J connectivity index is 2.41. The standard InChI is InChI=1S/C20H32O4/c1-12(2)9-17(22)24-15-10-14(5)11-16(21)19(6)7-8-20(23,13(3)4)18(15)19/h11-13,15,18,23H,7-10H2,1-6H3/t15-,18+,19+,20+/m0/s1. The molecule has 4 nitrogen and oxygen atoms in total. The van der Waals surface area contributed by atoms with Gasteiger partial charge < -0.3 is 9.84 Å². The molecular formula is C20H32O4. The van der Waals surface area contributed by atoms with Gasteiger partial charge in [0.05, 0.1) is 5.60 Å². The molecule has 0 bridgehead atoms. The van der Waals surface area contributed by atoms with E-state index in [0.717, 1.165) is 5.57 Å². The number of fused-ring (bicyclic) bond motifs is 1. The minimum atomic E-state index is -0.981. The van der Waals surface area contributed by atoms with Gasteiger partial charge in [0.25, 0.3) is 0 Å². The van der Waals surface area contributed by atoms with E-state index >= 15 is 0 Å². The zero-order valence-corrected chi connectivity index (χ0v) is 15.9. The second-order valence-electron chi connectivity index (χ2n) is 8.73. The molecule has 24 heavy (non-hydrogen) atoms. The number of hydrogen-bond acceptors (Lipinski definition) is 4. The van der Waals surface area contributed by atoms with Crippen molar-refractivity contribution >= 4 is 11.8 Å². The highest BCUT2D eigenvalue weighted by atomic mass is 16.5. The Morgan fingerprint density at radius 3 is 2.50 bits per heavy atom. The first kappa shape index (κ1) is 19.2. The van der Waals surface area contributed by atoms with Gasteiger partial charge in [-0.3, -0.25) is 9.59 Å². The van der Waals surface area contributed by atoms with Crippen molar-refractivity contribution < 1.29 is 19.4 Å². The Kier molecular flexibility index (Phi) is 5.29. The van der Waals surface area contributed by atoms with Crippen LogP contribution in [0.15, 0.2) is 11.6 Å². The molecule has 2 aliphatic rings. The molecule has 1 N–H and O–H groups in total. The second kappa shape index (κ2) is 6.62. The van der Waals surface area contributed by atoms with Crippen LogP contribution in [-0.2, 0) is 14.3 Å². The van der Waals surface area contributed by atoms with Crippen LogP contribution in [0.3, 0.4) is 0 Å². The summed E-state index contributed by atoms with van der Waals surface area (Å²) in [5.41, 5.74) is -0.727. The lowest BCUT2D eigenvalue weighted by molar-refractivity contribution is -0.168. The molecule has 0 aliphatic heterocycles. The average Bonchev–Trinajstić information content (AvgIpc) is 2.66. The lowest BCUT2D eigenvalue weighted by Crippen LogP contribution is -2.52. The molecule has 0 unspecified atom stereocenters. The lowest BCUT2D eigenvalue weighted by Gasteiger charge is -2.42. The van der Waals surface area contributed by atoms with Crippen LogP contribution in [0.2, 0.25) is 0 Å². The van der Waals surface area contributed by atoms with Crippen molar-refractivity contribution in [1.29, 1.82) is 0 Å². The molecule has 1 fully saturated rings. The summed E-state index contributed by atoms with van der Waals surface area (Å²) in [6.07, 6.45) is 3.33. The van der Waals surface area contributed by atoms with Gasteiger partial charge in [0.15, 0.2) is 5.78 Å². The van der Waals surface area contributed by atoms with Crippen LogP contribution < -0.4 is 0 Å². The third kappa shape index (κ3) is 3.30. The SMILES string of the molecule is CC1=CC(=O)[C@@]2(C)CC[C@@](O)(C(C)C)[C@@H]2[C@@H](OC(=O)CC(C)C)C1. The highest BCUT2D eigenvalue weighted by molar-refractivity contribution is 5.96. The normalized spacial score (nSPS) is 36.5. The van der Waals surface area contributed by atoms with E-state index in [-0.39, 0.29) is 29.5 Å². The van der Waals surface area contributed by atoms with Gasteiger partial charge >= 0.3 is 5.97 Å². The fourth-order valence-corrected chi connectivity index (χ4v) is 4.52. The average molecular weight is 336 g/mol. The summed E-state index contributed by atoms with van der Waals surface area (Å²) in [5.74, 6) is -0.314. The topological polar surface area (TPSA) is 63.6 Å².